The maximum atomic E-state index is 10.9. The number of rotatable bonds is 6. The standard InChI is InChI=1S/C19H25N3O3/c1-5-25-16-11-14-15(10-13(16)6-7-17(23)24)22(4)18(21-14)19(20-3)9-8-12(19)2/h6-7,10-12,20H,5,8-9H2,1-4H3,(H,23,24)/b7-6+/t12-,19?/m1/s1. The summed E-state index contributed by atoms with van der Waals surface area (Å²) < 4.78 is 7.80. The predicted octanol–water partition coefficient (Wildman–Crippen LogP) is 2.91. The van der Waals surface area contributed by atoms with Crippen LogP contribution in [-0.4, -0.2) is 34.3 Å². The lowest BCUT2D eigenvalue weighted by molar-refractivity contribution is -0.131. The molecule has 0 spiro atoms. The molecule has 0 aliphatic heterocycles. The van der Waals surface area contributed by atoms with E-state index < -0.39 is 5.97 Å². The zero-order valence-corrected chi connectivity index (χ0v) is 15.2. The Morgan fingerprint density at radius 2 is 2.32 bits per heavy atom. The van der Waals surface area contributed by atoms with Gasteiger partial charge in [-0.3, -0.25) is 0 Å². The van der Waals surface area contributed by atoms with Gasteiger partial charge in [-0.15, -0.1) is 0 Å². The van der Waals surface area contributed by atoms with Crippen LogP contribution in [0.2, 0.25) is 0 Å². The molecule has 2 N–H and O–H groups in total. The van der Waals surface area contributed by atoms with Crippen LogP contribution in [0.15, 0.2) is 18.2 Å². The molecule has 6 heteroatoms. The highest BCUT2D eigenvalue weighted by molar-refractivity contribution is 5.88. The van der Waals surface area contributed by atoms with E-state index >= 15 is 0 Å². The summed E-state index contributed by atoms with van der Waals surface area (Å²) >= 11 is 0. The van der Waals surface area contributed by atoms with Gasteiger partial charge < -0.3 is 19.7 Å². The number of carboxylic acids is 1. The van der Waals surface area contributed by atoms with Gasteiger partial charge in [0, 0.05) is 24.8 Å². The van der Waals surface area contributed by atoms with Crippen LogP contribution in [0, 0.1) is 5.92 Å². The third-order valence-electron chi connectivity index (χ3n) is 5.38. The number of aryl methyl sites for hydroxylation is 1. The summed E-state index contributed by atoms with van der Waals surface area (Å²) in [5.41, 5.74) is 2.47. The van der Waals surface area contributed by atoms with Crippen molar-refractivity contribution < 1.29 is 14.6 Å². The Morgan fingerprint density at radius 1 is 1.56 bits per heavy atom. The molecule has 134 valence electrons. The zero-order valence-electron chi connectivity index (χ0n) is 15.2. The third-order valence-corrected chi connectivity index (χ3v) is 5.38. The fraction of sp³-hybridized carbons (Fsp3) is 0.474. The minimum atomic E-state index is -0.981. The molecule has 0 amide bonds. The lowest BCUT2D eigenvalue weighted by atomic mass is 9.67. The second-order valence-corrected chi connectivity index (χ2v) is 6.64. The van der Waals surface area contributed by atoms with Crippen LogP contribution in [0.4, 0.5) is 0 Å². The number of hydrogen-bond acceptors (Lipinski definition) is 4. The van der Waals surface area contributed by atoms with Crippen LogP contribution in [-0.2, 0) is 17.4 Å². The number of hydrogen-bond donors (Lipinski definition) is 2. The Morgan fingerprint density at radius 3 is 2.84 bits per heavy atom. The van der Waals surface area contributed by atoms with Crippen molar-refractivity contribution in [3.8, 4) is 5.75 Å². The van der Waals surface area contributed by atoms with E-state index in [1.54, 1.807) is 6.08 Å². The molecule has 2 atom stereocenters. The monoisotopic (exact) mass is 343 g/mol. The van der Waals surface area contributed by atoms with Gasteiger partial charge in [-0.1, -0.05) is 6.92 Å². The molecule has 2 aromatic rings. The van der Waals surface area contributed by atoms with Crippen LogP contribution in [0.3, 0.4) is 0 Å². The first-order valence-electron chi connectivity index (χ1n) is 8.66. The second-order valence-electron chi connectivity index (χ2n) is 6.64. The minimum absolute atomic E-state index is 0.101. The predicted molar refractivity (Wildman–Crippen MR) is 97.7 cm³/mol. The highest BCUT2D eigenvalue weighted by Gasteiger charge is 2.47. The normalized spacial score (nSPS) is 23.1. The van der Waals surface area contributed by atoms with Crippen molar-refractivity contribution in [2.75, 3.05) is 13.7 Å². The summed E-state index contributed by atoms with van der Waals surface area (Å²) in [6, 6.07) is 3.85. The summed E-state index contributed by atoms with van der Waals surface area (Å²) in [6.07, 6.45) is 4.94. The maximum absolute atomic E-state index is 10.9. The van der Waals surface area contributed by atoms with Crippen LogP contribution in [0.1, 0.15) is 38.1 Å². The van der Waals surface area contributed by atoms with Gasteiger partial charge in [-0.25, -0.2) is 9.78 Å². The van der Waals surface area contributed by atoms with Crippen molar-refractivity contribution in [2.24, 2.45) is 13.0 Å². The summed E-state index contributed by atoms with van der Waals surface area (Å²) in [4.78, 5) is 15.8. The number of carbonyl (C=O) groups is 1. The molecule has 1 aromatic heterocycles. The second kappa shape index (κ2) is 6.52. The van der Waals surface area contributed by atoms with Gasteiger partial charge in [-0.2, -0.15) is 0 Å². The number of fused-ring (bicyclic) bond motifs is 1. The molecule has 0 radical (unpaired) electrons. The smallest absolute Gasteiger partial charge is 0.328 e. The van der Waals surface area contributed by atoms with E-state index in [9.17, 15) is 4.79 Å². The Balaban J connectivity index is 2.16. The lowest BCUT2D eigenvalue weighted by Gasteiger charge is -2.47. The van der Waals surface area contributed by atoms with Crippen molar-refractivity contribution >= 4 is 23.1 Å². The van der Waals surface area contributed by atoms with Crippen molar-refractivity contribution in [1.29, 1.82) is 0 Å². The van der Waals surface area contributed by atoms with E-state index in [4.69, 9.17) is 14.8 Å². The van der Waals surface area contributed by atoms with Crippen LogP contribution in [0.5, 0.6) is 5.75 Å². The first-order valence-corrected chi connectivity index (χ1v) is 8.66. The number of imidazole rings is 1. The topological polar surface area (TPSA) is 76.4 Å². The van der Waals surface area contributed by atoms with Gasteiger partial charge in [0.2, 0.25) is 0 Å². The van der Waals surface area contributed by atoms with E-state index in [1.165, 1.54) is 6.42 Å². The van der Waals surface area contributed by atoms with E-state index in [0.29, 0.717) is 18.3 Å². The first kappa shape index (κ1) is 17.5. The quantitative estimate of drug-likeness (QED) is 0.789. The van der Waals surface area contributed by atoms with Crippen molar-refractivity contribution in [2.45, 2.75) is 32.2 Å². The Bertz CT molecular complexity index is 836. The molecular weight excluding hydrogens is 318 g/mol. The molecule has 1 aliphatic carbocycles. The zero-order chi connectivity index (χ0) is 18.2. The average molecular weight is 343 g/mol. The van der Waals surface area contributed by atoms with E-state index in [2.05, 4.69) is 16.8 Å². The fourth-order valence-corrected chi connectivity index (χ4v) is 3.74. The van der Waals surface area contributed by atoms with Gasteiger partial charge in [0.1, 0.15) is 11.6 Å². The van der Waals surface area contributed by atoms with Gasteiger partial charge in [0.05, 0.1) is 23.2 Å². The number of carboxylic acid groups (broad SMARTS) is 1. The fourth-order valence-electron chi connectivity index (χ4n) is 3.74. The number of benzene rings is 1. The molecule has 1 aromatic carbocycles. The highest BCUT2D eigenvalue weighted by Crippen LogP contribution is 2.46. The van der Waals surface area contributed by atoms with Gasteiger partial charge in [0.25, 0.3) is 0 Å². The van der Waals surface area contributed by atoms with Crippen molar-refractivity contribution in [3.05, 3.63) is 29.6 Å². The molecule has 3 rings (SSSR count). The summed E-state index contributed by atoms with van der Waals surface area (Å²) in [7, 11) is 4.00. The summed E-state index contributed by atoms with van der Waals surface area (Å²) in [5.74, 6) is 1.21. The molecule has 25 heavy (non-hydrogen) atoms. The molecule has 0 bridgehead atoms. The number of ether oxygens (including phenoxy) is 1. The third kappa shape index (κ3) is 2.80. The minimum Gasteiger partial charge on any atom is -0.493 e. The maximum Gasteiger partial charge on any atom is 0.328 e. The average Bonchev–Trinajstić information content (AvgIpc) is 2.89. The van der Waals surface area contributed by atoms with E-state index in [-0.39, 0.29) is 5.54 Å². The van der Waals surface area contributed by atoms with Crippen LogP contribution >= 0.6 is 0 Å². The first-order chi connectivity index (χ1) is 11.9. The molecule has 1 fully saturated rings. The molecule has 0 saturated heterocycles. The molecular formula is C19H25N3O3. The number of nitrogens with one attached hydrogen (secondary N) is 1. The summed E-state index contributed by atoms with van der Waals surface area (Å²) in [6.45, 7) is 4.66. The van der Waals surface area contributed by atoms with Crippen molar-refractivity contribution in [3.63, 3.8) is 0 Å². The Hall–Kier alpha value is -2.34. The number of aliphatic carboxylic acids is 1. The Kier molecular flexibility index (Phi) is 4.56. The van der Waals surface area contributed by atoms with Crippen LogP contribution < -0.4 is 10.1 Å². The lowest BCUT2D eigenvalue weighted by Crippen LogP contribution is -2.54. The molecule has 1 aliphatic rings. The number of nitrogens with zero attached hydrogens (tertiary/aromatic N) is 2. The Labute approximate surface area is 147 Å². The highest BCUT2D eigenvalue weighted by atomic mass is 16.5. The molecule has 1 saturated carbocycles. The van der Waals surface area contributed by atoms with Gasteiger partial charge >= 0.3 is 5.97 Å². The SMILES string of the molecule is CCOc1cc2nc(C3(NC)CC[C@H]3C)n(C)c2cc1/C=C/C(=O)O. The van der Waals surface area contributed by atoms with E-state index in [1.807, 2.05) is 33.2 Å². The molecule has 1 heterocycles. The number of aromatic nitrogens is 2. The van der Waals surface area contributed by atoms with E-state index in [0.717, 1.165) is 34.9 Å². The van der Waals surface area contributed by atoms with Crippen molar-refractivity contribution in [1.82, 2.24) is 14.9 Å². The van der Waals surface area contributed by atoms with Gasteiger partial charge in [-0.05, 0) is 44.9 Å². The molecule has 6 nitrogen and oxygen atoms in total. The van der Waals surface area contributed by atoms with Gasteiger partial charge in [0.15, 0.2) is 0 Å². The summed E-state index contributed by atoms with van der Waals surface area (Å²) in [5, 5.41) is 12.4. The largest absolute Gasteiger partial charge is 0.493 e. The molecule has 1 unspecified atom stereocenters. The van der Waals surface area contributed by atoms with Crippen LogP contribution in [0.25, 0.3) is 17.1 Å².